The second-order valence-electron chi connectivity index (χ2n) is 2.87. The molecule has 1 atom stereocenters. The first-order valence-electron chi connectivity index (χ1n) is 3.93. The standard InChI is InChI=1S/C8H16N2/c1-3-9-7-10-6-4-5-8(10)2/h3,8-9H,1,4-7H2,2H3. The van der Waals surface area contributed by atoms with Gasteiger partial charge in [-0.2, -0.15) is 0 Å². The molecule has 0 bridgehead atoms. The van der Waals surface area contributed by atoms with Crippen LogP contribution in [0.15, 0.2) is 12.8 Å². The van der Waals surface area contributed by atoms with E-state index in [0.717, 1.165) is 12.7 Å². The zero-order chi connectivity index (χ0) is 7.40. The van der Waals surface area contributed by atoms with E-state index in [4.69, 9.17) is 0 Å². The summed E-state index contributed by atoms with van der Waals surface area (Å²) < 4.78 is 0. The first-order chi connectivity index (χ1) is 4.84. The summed E-state index contributed by atoms with van der Waals surface area (Å²) in [6, 6.07) is 0.757. The van der Waals surface area contributed by atoms with Crippen LogP contribution >= 0.6 is 0 Å². The largest absolute Gasteiger partial charge is 0.379 e. The lowest BCUT2D eigenvalue weighted by atomic mass is 10.2. The highest BCUT2D eigenvalue weighted by atomic mass is 15.2. The summed E-state index contributed by atoms with van der Waals surface area (Å²) in [5, 5.41) is 3.11. The van der Waals surface area contributed by atoms with E-state index in [2.05, 4.69) is 23.7 Å². The van der Waals surface area contributed by atoms with Crippen molar-refractivity contribution in [3.63, 3.8) is 0 Å². The third kappa shape index (κ3) is 1.74. The van der Waals surface area contributed by atoms with Crippen LogP contribution in [0.25, 0.3) is 0 Å². The fraction of sp³-hybridized carbons (Fsp3) is 0.750. The lowest BCUT2D eigenvalue weighted by Crippen LogP contribution is -2.33. The van der Waals surface area contributed by atoms with Crippen molar-refractivity contribution in [3.8, 4) is 0 Å². The monoisotopic (exact) mass is 140 g/mol. The molecule has 1 unspecified atom stereocenters. The Morgan fingerprint density at radius 3 is 3.10 bits per heavy atom. The average Bonchev–Trinajstić information content (AvgIpc) is 2.31. The molecule has 0 spiro atoms. The van der Waals surface area contributed by atoms with Gasteiger partial charge in [-0.15, -0.1) is 0 Å². The fourth-order valence-corrected chi connectivity index (χ4v) is 1.41. The molecular weight excluding hydrogens is 124 g/mol. The Morgan fingerprint density at radius 1 is 1.80 bits per heavy atom. The molecule has 1 fully saturated rings. The van der Waals surface area contributed by atoms with Gasteiger partial charge in [0.25, 0.3) is 0 Å². The van der Waals surface area contributed by atoms with Gasteiger partial charge < -0.3 is 5.32 Å². The molecule has 0 amide bonds. The van der Waals surface area contributed by atoms with E-state index in [1.807, 2.05) is 0 Å². The third-order valence-electron chi connectivity index (χ3n) is 2.13. The summed E-state index contributed by atoms with van der Waals surface area (Å²) in [5.74, 6) is 0. The predicted molar refractivity (Wildman–Crippen MR) is 43.6 cm³/mol. The Kier molecular flexibility index (Phi) is 2.75. The molecule has 0 radical (unpaired) electrons. The molecule has 0 aromatic carbocycles. The molecule has 10 heavy (non-hydrogen) atoms. The van der Waals surface area contributed by atoms with Crippen molar-refractivity contribution in [2.45, 2.75) is 25.8 Å². The summed E-state index contributed by atoms with van der Waals surface area (Å²) in [6.07, 6.45) is 4.45. The van der Waals surface area contributed by atoms with E-state index in [9.17, 15) is 0 Å². The third-order valence-corrected chi connectivity index (χ3v) is 2.13. The number of nitrogens with zero attached hydrogens (tertiary/aromatic N) is 1. The predicted octanol–water partition coefficient (Wildman–Crippen LogP) is 1.16. The second kappa shape index (κ2) is 3.62. The van der Waals surface area contributed by atoms with Crippen molar-refractivity contribution in [1.29, 1.82) is 0 Å². The zero-order valence-electron chi connectivity index (χ0n) is 6.64. The highest BCUT2D eigenvalue weighted by molar-refractivity contribution is 4.75. The topological polar surface area (TPSA) is 15.3 Å². The molecule has 1 saturated heterocycles. The fourth-order valence-electron chi connectivity index (χ4n) is 1.41. The van der Waals surface area contributed by atoms with Gasteiger partial charge in [-0.05, 0) is 26.0 Å². The summed E-state index contributed by atoms with van der Waals surface area (Å²) in [7, 11) is 0. The van der Waals surface area contributed by atoms with Gasteiger partial charge in [0.2, 0.25) is 0 Å². The number of nitrogens with one attached hydrogen (secondary N) is 1. The Bertz CT molecular complexity index is 112. The quantitative estimate of drug-likeness (QED) is 0.633. The summed E-state index contributed by atoms with van der Waals surface area (Å²) >= 11 is 0. The lowest BCUT2D eigenvalue weighted by molar-refractivity contribution is 0.260. The zero-order valence-corrected chi connectivity index (χ0v) is 6.64. The normalized spacial score (nSPS) is 26.7. The van der Waals surface area contributed by atoms with Crippen LogP contribution in [0.5, 0.6) is 0 Å². The first-order valence-corrected chi connectivity index (χ1v) is 3.93. The number of rotatable bonds is 3. The molecular formula is C8H16N2. The van der Waals surface area contributed by atoms with Gasteiger partial charge in [-0.3, -0.25) is 4.90 Å². The summed E-state index contributed by atoms with van der Waals surface area (Å²) in [6.45, 7) is 8.09. The van der Waals surface area contributed by atoms with Crippen molar-refractivity contribution in [3.05, 3.63) is 12.8 Å². The van der Waals surface area contributed by atoms with Crippen LogP contribution in [0.2, 0.25) is 0 Å². The molecule has 2 heteroatoms. The molecule has 0 aromatic heterocycles. The maximum absolute atomic E-state index is 3.61. The van der Waals surface area contributed by atoms with Crippen LogP contribution in [-0.4, -0.2) is 24.2 Å². The van der Waals surface area contributed by atoms with E-state index in [0.29, 0.717) is 0 Å². The second-order valence-corrected chi connectivity index (χ2v) is 2.87. The Balaban J connectivity index is 2.19. The highest BCUT2D eigenvalue weighted by Gasteiger charge is 2.18. The van der Waals surface area contributed by atoms with Gasteiger partial charge in [-0.25, -0.2) is 0 Å². The number of likely N-dealkylation sites (tertiary alicyclic amines) is 1. The maximum Gasteiger partial charge on any atom is 0.0675 e. The van der Waals surface area contributed by atoms with Crippen LogP contribution < -0.4 is 5.32 Å². The molecule has 1 heterocycles. The van der Waals surface area contributed by atoms with Crippen molar-refractivity contribution in [2.24, 2.45) is 0 Å². The van der Waals surface area contributed by atoms with Gasteiger partial charge in [-0.1, -0.05) is 6.58 Å². The van der Waals surface area contributed by atoms with Gasteiger partial charge in [0.1, 0.15) is 0 Å². The van der Waals surface area contributed by atoms with E-state index in [-0.39, 0.29) is 0 Å². The van der Waals surface area contributed by atoms with Gasteiger partial charge in [0.15, 0.2) is 0 Å². The number of hydrogen-bond acceptors (Lipinski definition) is 2. The molecule has 58 valence electrons. The summed E-state index contributed by atoms with van der Waals surface area (Å²) in [5.41, 5.74) is 0. The first kappa shape index (κ1) is 7.61. The van der Waals surface area contributed by atoms with Gasteiger partial charge in [0.05, 0.1) is 6.67 Å². The minimum atomic E-state index is 0.757. The summed E-state index contributed by atoms with van der Waals surface area (Å²) in [4.78, 5) is 2.43. The Hall–Kier alpha value is -0.500. The van der Waals surface area contributed by atoms with Crippen molar-refractivity contribution < 1.29 is 0 Å². The van der Waals surface area contributed by atoms with E-state index >= 15 is 0 Å². The van der Waals surface area contributed by atoms with Crippen LogP contribution in [0.3, 0.4) is 0 Å². The van der Waals surface area contributed by atoms with Gasteiger partial charge in [0, 0.05) is 12.6 Å². The van der Waals surface area contributed by atoms with E-state index in [1.165, 1.54) is 19.4 Å². The highest BCUT2D eigenvalue weighted by Crippen LogP contribution is 2.14. The van der Waals surface area contributed by atoms with E-state index < -0.39 is 0 Å². The van der Waals surface area contributed by atoms with Crippen molar-refractivity contribution in [1.82, 2.24) is 10.2 Å². The van der Waals surface area contributed by atoms with Crippen LogP contribution in [-0.2, 0) is 0 Å². The van der Waals surface area contributed by atoms with E-state index in [1.54, 1.807) is 6.20 Å². The molecule has 1 N–H and O–H groups in total. The number of hydrogen-bond donors (Lipinski definition) is 1. The van der Waals surface area contributed by atoms with Crippen LogP contribution in [0, 0.1) is 0 Å². The lowest BCUT2D eigenvalue weighted by Gasteiger charge is -2.20. The van der Waals surface area contributed by atoms with Crippen LogP contribution in [0.4, 0.5) is 0 Å². The Morgan fingerprint density at radius 2 is 2.60 bits per heavy atom. The molecule has 0 saturated carbocycles. The molecule has 1 aliphatic heterocycles. The van der Waals surface area contributed by atoms with Crippen molar-refractivity contribution in [2.75, 3.05) is 13.2 Å². The smallest absolute Gasteiger partial charge is 0.0675 e. The molecule has 1 aliphatic rings. The molecule has 2 nitrogen and oxygen atoms in total. The SMILES string of the molecule is C=CNCN1CCCC1C. The minimum Gasteiger partial charge on any atom is -0.379 e. The Labute approximate surface area is 62.9 Å². The minimum absolute atomic E-state index is 0.757. The van der Waals surface area contributed by atoms with Gasteiger partial charge >= 0.3 is 0 Å². The average molecular weight is 140 g/mol. The van der Waals surface area contributed by atoms with Crippen molar-refractivity contribution >= 4 is 0 Å². The molecule has 1 rings (SSSR count). The molecule has 0 aromatic rings. The van der Waals surface area contributed by atoms with Crippen LogP contribution in [0.1, 0.15) is 19.8 Å². The molecule has 0 aliphatic carbocycles. The maximum atomic E-state index is 3.61.